The van der Waals surface area contributed by atoms with Gasteiger partial charge in [0.2, 0.25) is 5.88 Å². The van der Waals surface area contributed by atoms with Crippen molar-refractivity contribution in [2.75, 3.05) is 12.4 Å². The molecule has 0 aliphatic rings. The van der Waals surface area contributed by atoms with Gasteiger partial charge < -0.3 is 10.1 Å². The first-order chi connectivity index (χ1) is 9.15. The smallest absolute Gasteiger partial charge is 0.221 e. The van der Waals surface area contributed by atoms with Crippen LogP contribution in [0.25, 0.3) is 0 Å². The average Bonchev–Trinajstić information content (AvgIpc) is 2.78. The van der Waals surface area contributed by atoms with Gasteiger partial charge in [-0.05, 0) is 13.3 Å². The lowest BCUT2D eigenvalue weighted by atomic mass is 10.2. The second kappa shape index (κ2) is 5.69. The van der Waals surface area contributed by atoms with Crippen molar-refractivity contribution >= 4 is 5.82 Å². The standard InChI is InChI=1S/C13H19N5O/c1-5-11-10(7-18(3)17-11)6-14-12-9(2)13(19-4)16-8-15-12/h7-8H,5-6H2,1-4H3,(H,14,15,16). The number of ether oxygens (including phenoxy) is 1. The van der Waals surface area contributed by atoms with E-state index in [2.05, 4.69) is 27.3 Å². The van der Waals surface area contributed by atoms with Crippen LogP contribution in [0.1, 0.15) is 23.7 Å². The van der Waals surface area contributed by atoms with Gasteiger partial charge in [-0.2, -0.15) is 5.10 Å². The van der Waals surface area contributed by atoms with E-state index in [1.165, 1.54) is 11.9 Å². The van der Waals surface area contributed by atoms with Crippen LogP contribution in [0.4, 0.5) is 5.82 Å². The molecule has 0 bridgehead atoms. The van der Waals surface area contributed by atoms with Gasteiger partial charge in [-0.1, -0.05) is 6.92 Å². The second-order valence-corrected chi connectivity index (χ2v) is 4.34. The molecule has 0 saturated heterocycles. The van der Waals surface area contributed by atoms with E-state index >= 15 is 0 Å². The van der Waals surface area contributed by atoms with Crippen LogP contribution in [0.3, 0.4) is 0 Å². The lowest BCUT2D eigenvalue weighted by Crippen LogP contribution is -2.06. The molecule has 0 aliphatic heterocycles. The van der Waals surface area contributed by atoms with Gasteiger partial charge >= 0.3 is 0 Å². The van der Waals surface area contributed by atoms with Crippen molar-refractivity contribution in [2.45, 2.75) is 26.8 Å². The Balaban J connectivity index is 2.14. The molecule has 2 heterocycles. The number of hydrogen-bond donors (Lipinski definition) is 1. The number of hydrogen-bond acceptors (Lipinski definition) is 5. The molecule has 19 heavy (non-hydrogen) atoms. The van der Waals surface area contributed by atoms with Crippen LogP contribution in [0.15, 0.2) is 12.5 Å². The molecule has 0 aliphatic carbocycles. The van der Waals surface area contributed by atoms with Crippen molar-refractivity contribution in [3.05, 3.63) is 29.3 Å². The molecule has 6 heteroatoms. The molecule has 0 unspecified atom stereocenters. The van der Waals surface area contributed by atoms with Crippen LogP contribution in [-0.4, -0.2) is 26.9 Å². The summed E-state index contributed by atoms with van der Waals surface area (Å²) in [4.78, 5) is 8.30. The number of aryl methyl sites for hydroxylation is 2. The summed E-state index contributed by atoms with van der Waals surface area (Å²) in [6.07, 6.45) is 4.45. The van der Waals surface area contributed by atoms with Crippen molar-refractivity contribution in [2.24, 2.45) is 7.05 Å². The van der Waals surface area contributed by atoms with E-state index in [0.29, 0.717) is 12.4 Å². The highest BCUT2D eigenvalue weighted by atomic mass is 16.5. The summed E-state index contributed by atoms with van der Waals surface area (Å²) >= 11 is 0. The van der Waals surface area contributed by atoms with Crippen molar-refractivity contribution in [1.29, 1.82) is 0 Å². The molecule has 0 atom stereocenters. The van der Waals surface area contributed by atoms with Gasteiger partial charge in [0.25, 0.3) is 0 Å². The van der Waals surface area contributed by atoms with Crippen molar-refractivity contribution < 1.29 is 4.74 Å². The zero-order valence-electron chi connectivity index (χ0n) is 11.8. The Labute approximate surface area is 112 Å². The number of methoxy groups -OCH3 is 1. The van der Waals surface area contributed by atoms with E-state index < -0.39 is 0 Å². The monoisotopic (exact) mass is 261 g/mol. The zero-order valence-corrected chi connectivity index (χ0v) is 11.8. The molecule has 0 spiro atoms. The van der Waals surface area contributed by atoms with Crippen molar-refractivity contribution in [3.63, 3.8) is 0 Å². The first-order valence-electron chi connectivity index (χ1n) is 6.26. The van der Waals surface area contributed by atoms with Crippen LogP contribution in [0, 0.1) is 6.92 Å². The Morgan fingerprint density at radius 1 is 1.37 bits per heavy atom. The molecule has 0 radical (unpaired) electrons. The molecular weight excluding hydrogens is 242 g/mol. The number of nitrogens with zero attached hydrogens (tertiary/aromatic N) is 4. The topological polar surface area (TPSA) is 64.9 Å². The SMILES string of the molecule is CCc1nn(C)cc1CNc1ncnc(OC)c1C. The lowest BCUT2D eigenvalue weighted by molar-refractivity contribution is 0.393. The molecule has 2 rings (SSSR count). The van der Waals surface area contributed by atoms with Gasteiger partial charge in [0.05, 0.1) is 18.4 Å². The Morgan fingerprint density at radius 2 is 2.16 bits per heavy atom. The Kier molecular flexibility index (Phi) is 3.99. The lowest BCUT2D eigenvalue weighted by Gasteiger charge is -2.10. The van der Waals surface area contributed by atoms with Gasteiger partial charge in [0.15, 0.2) is 0 Å². The summed E-state index contributed by atoms with van der Waals surface area (Å²) in [7, 11) is 3.54. The van der Waals surface area contributed by atoms with Gasteiger partial charge in [-0.3, -0.25) is 4.68 Å². The maximum atomic E-state index is 5.18. The van der Waals surface area contributed by atoms with Crippen LogP contribution in [0.5, 0.6) is 5.88 Å². The molecule has 102 valence electrons. The fraction of sp³-hybridized carbons (Fsp3) is 0.462. The maximum absolute atomic E-state index is 5.18. The molecule has 1 N–H and O–H groups in total. The first-order valence-corrected chi connectivity index (χ1v) is 6.26. The summed E-state index contributed by atoms with van der Waals surface area (Å²) in [5.74, 6) is 1.39. The average molecular weight is 261 g/mol. The van der Waals surface area contributed by atoms with Crippen LogP contribution < -0.4 is 10.1 Å². The summed E-state index contributed by atoms with van der Waals surface area (Å²) < 4.78 is 7.02. The number of rotatable bonds is 5. The summed E-state index contributed by atoms with van der Waals surface area (Å²) in [5.41, 5.74) is 3.20. The highest BCUT2D eigenvalue weighted by Gasteiger charge is 2.09. The van der Waals surface area contributed by atoms with Gasteiger partial charge in [-0.15, -0.1) is 0 Å². The van der Waals surface area contributed by atoms with Crippen LogP contribution in [-0.2, 0) is 20.0 Å². The fourth-order valence-electron chi connectivity index (χ4n) is 2.03. The molecule has 6 nitrogen and oxygen atoms in total. The van der Waals surface area contributed by atoms with E-state index in [1.807, 2.05) is 24.9 Å². The fourth-order valence-corrected chi connectivity index (χ4v) is 2.03. The Hall–Kier alpha value is -2.11. The van der Waals surface area contributed by atoms with E-state index in [0.717, 1.165) is 23.5 Å². The molecule has 0 aromatic carbocycles. The quantitative estimate of drug-likeness (QED) is 0.887. The second-order valence-electron chi connectivity index (χ2n) is 4.34. The Morgan fingerprint density at radius 3 is 2.84 bits per heavy atom. The van der Waals surface area contributed by atoms with E-state index in [-0.39, 0.29) is 0 Å². The molecule has 0 fully saturated rings. The third-order valence-corrected chi connectivity index (χ3v) is 3.00. The number of aromatic nitrogens is 4. The largest absolute Gasteiger partial charge is 0.481 e. The number of nitrogens with one attached hydrogen (secondary N) is 1. The predicted molar refractivity (Wildman–Crippen MR) is 73.2 cm³/mol. The first kappa shape index (κ1) is 13.3. The van der Waals surface area contributed by atoms with Crippen LogP contribution >= 0.6 is 0 Å². The van der Waals surface area contributed by atoms with Crippen molar-refractivity contribution in [3.8, 4) is 5.88 Å². The molecule has 0 amide bonds. The molecular formula is C13H19N5O. The van der Waals surface area contributed by atoms with Crippen molar-refractivity contribution in [1.82, 2.24) is 19.7 Å². The normalized spacial score (nSPS) is 10.5. The molecule has 2 aromatic heterocycles. The van der Waals surface area contributed by atoms with E-state index in [4.69, 9.17) is 4.74 Å². The summed E-state index contributed by atoms with van der Waals surface area (Å²) in [6.45, 7) is 4.73. The highest BCUT2D eigenvalue weighted by molar-refractivity contribution is 5.48. The molecule has 2 aromatic rings. The summed E-state index contributed by atoms with van der Waals surface area (Å²) in [6, 6.07) is 0. The third kappa shape index (κ3) is 2.83. The minimum Gasteiger partial charge on any atom is -0.481 e. The minimum atomic E-state index is 0.597. The van der Waals surface area contributed by atoms with Crippen LogP contribution in [0.2, 0.25) is 0 Å². The summed E-state index contributed by atoms with van der Waals surface area (Å²) in [5, 5.41) is 7.72. The van der Waals surface area contributed by atoms with Gasteiger partial charge in [0.1, 0.15) is 12.1 Å². The molecule has 0 saturated carbocycles. The maximum Gasteiger partial charge on any atom is 0.221 e. The van der Waals surface area contributed by atoms with Gasteiger partial charge in [-0.25, -0.2) is 9.97 Å². The van der Waals surface area contributed by atoms with E-state index in [1.54, 1.807) is 7.11 Å². The Bertz CT molecular complexity index is 564. The van der Waals surface area contributed by atoms with E-state index in [9.17, 15) is 0 Å². The highest BCUT2D eigenvalue weighted by Crippen LogP contribution is 2.20. The number of anilines is 1. The predicted octanol–water partition coefficient (Wildman–Crippen LogP) is 1.70. The van der Waals surface area contributed by atoms with Gasteiger partial charge in [0, 0.05) is 25.4 Å². The third-order valence-electron chi connectivity index (χ3n) is 3.00. The zero-order chi connectivity index (χ0) is 13.8. The minimum absolute atomic E-state index is 0.597.